The molecule has 0 atom stereocenters. The maximum atomic E-state index is 12.9. The van der Waals surface area contributed by atoms with Gasteiger partial charge in [-0.3, -0.25) is 5.10 Å². The van der Waals surface area contributed by atoms with Crippen molar-refractivity contribution in [1.82, 2.24) is 15.5 Å². The fraction of sp³-hybridized carbons (Fsp3) is 0.357. The Morgan fingerprint density at radius 2 is 2.11 bits per heavy atom. The molecule has 102 valence electrons. The second-order valence-corrected chi connectivity index (χ2v) is 4.15. The molecule has 2 N–H and O–H groups in total. The van der Waals surface area contributed by atoms with Crippen LogP contribution in [0.4, 0.5) is 4.39 Å². The smallest absolute Gasteiger partial charge is 0.123 e. The van der Waals surface area contributed by atoms with Crippen molar-refractivity contribution in [3.63, 3.8) is 0 Å². The van der Waals surface area contributed by atoms with Crippen LogP contribution in [0.1, 0.15) is 12.5 Å². The lowest BCUT2D eigenvalue weighted by Crippen LogP contribution is -2.19. The second kappa shape index (κ2) is 7.01. The summed E-state index contributed by atoms with van der Waals surface area (Å²) < 4.78 is 18.2. The fourth-order valence-corrected chi connectivity index (χ4v) is 1.82. The predicted octanol–water partition coefficient (Wildman–Crippen LogP) is 2.34. The summed E-state index contributed by atoms with van der Waals surface area (Å²) in [4.78, 5) is 0. The lowest BCUT2D eigenvalue weighted by Gasteiger charge is -2.06. The van der Waals surface area contributed by atoms with Gasteiger partial charge in [0.2, 0.25) is 0 Å². The van der Waals surface area contributed by atoms with E-state index in [-0.39, 0.29) is 5.82 Å². The van der Waals surface area contributed by atoms with Crippen molar-refractivity contribution in [3.8, 4) is 11.3 Å². The summed E-state index contributed by atoms with van der Waals surface area (Å²) in [5.41, 5.74) is 2.91. The van der Waals surface area contributed by atoms with Gasteiger partial charge < -0.3 is 10.1 Å². The Hall–Kier alpha value is -1.72. The largest absolute Gasteiger partial charge is 0.380 e. The van der Waals surface area contributed by atoms with E-state index in [0.29, 0.717) is 13.2 Å². The van der Waals surface area contributed by atoms with Crippen molar-refractivity contribution in [1.29, 1.82) is 0 Å². The third-order valence-corrected chi connectivity index (χ3v) is 2.79. The maximum Gasteiger partial charge on any atom is 0.123 e. The molecule has 1 heterocycles. The molecule has 0 saturated heterocycles. The molecule has 0 fully saturated rings. The van der Waals surface area contributed by atoms with Crippen LogP contribution in [0.2, 0.25) is 0 Å². The molecular formula is C14H18FN3O. The second-order valence-electron chi connectivity index (χ2n) is 4.15. The zero-order valence-electron chi connectivity index (χ0n) is 10.9. The number of rotatable bonds is 7. The van der Waals surface area contributed by atoms with E-state index < -0.39 is 0 Å². The third kappa shape index (κ3) is 3.87. The molecule has 0 amide bonds. The number of aromatic nitrogens is 2. The Kier molecular flexibility index (Phi) is 5.06. The minimum atomic E-state index is -0.236. The Morgan fingerprint density at radius 3 is 2.84 bits per heavy atom. The van der Waals surface area contributed by atoms with Gasteiger partial charge in [0.25, 0.3) is 0 Å². The summed E-state index contributed by atoms with van der Waals surface area (Å²) in [5.74, 6) is -0.236. The highest BCUT2D eigenvalue weighted by molar-refractivity contribution is 5.62. The average Bonchev–Trinajstić information content (AvgIpc) is 2.88. The topological polar surface area (TPSA) is 49.9 Å². The van der Waals surface area contributed by atoms with Crippen molar-refractivity contribution < 1.29 is 9.13 Å². The molecule has 0 aliphatic heterocycles. The van der Waals surface area contributed by atoms with Gasteiger partial charge >= 0.3 is 0 Å². The standard InChI is InChI=1S/C14H18FN3O/c1-2-19-8-7-16-9-12-10-17-18-14(12)11-3-5-13(15)6-4-11/h3-6,10,16H,2,7-9H2,1H3,(H,17,18). The monoisotopic (exact) mass is 263 g/mol. The van der Waals surface area contributed by atoms with E-state index in [2.05, 4.69) is 15.5 Å². The molecule has 0 spiro atoms. The SMILES string of the molecule is CCOCCNCc1cn[nH]c1-c1ccc(F)cc1. The minimum Gasteiger partial charge on any atom is -0.380 e. The van der Waals surface area contributed by atoms with Gasteiger partial charge in [-0.15, -0.1) is 0 Å². The fourth-order valence-electron chi connectivity index (χ4n) is 1.82. The maximum absolute atomic E-state index is 12.9. The third-order valence-electron chi connectivity index (χ3n) is 2.79. The van der Waals surface area contributed by atoms with Crippen LogP contribution in [0.15, 0.2) is 30.5 Å². The van der Waals surface area contributed by atoms with E-state index in [1.807, 2.05) is 6.92 Å². The first-order valence-corrected chi connectivity index (χ1v) is 6.38. The first-order valence-electron chi connectivity index (χ1n) is 6.38. The minimum absolute atomic E-state index is 0.236. The lowest BCUT2D eigenvalue weighted by atomic mass is 10.1. The zero-order chi connectivity index (χ0) is 13.5. The number of aromatic amines is 1. The van der Waals surface area contributed by atoms with E-state index >= 15 is 0 Å². The van der Waals surface area contributed by atoms with Crippen LogP contribution in [0.25, 0.3) is 11.3 Å². The van der Waals surface area contributed by atoms with Crippen molar-refractivity contribution in [2.75, 3.05) is 19.8 Å². The Morgan fingerprint density at radius 1 is 1.32 bits per heavy atom. The van der Waals surface area contributed by atoms with Gasteiger partial charge in [0.15, 0.2) is 0 Å². The van der Waals surface area contributed by atoms with Crippen molar-refractivity contribution in [3.05, 3.63) is 41.8 Å². The van der Waals surface area contributed by atoms with Crippen molar-refractivity contribution in [2.24, 2.45) is 0 Å². The van der Waals surface area contributed by atoms with Crippen LogP contribution >= 0.6 is 0 Å². The molecule has 0 radical (unpaired) electrons. The van der Waals surface area contributed by atoms with Crippen LogP contribution in [-0.4, -0.2) is 30.0 Å². The van der Waals surface area contributed by atoms with Crippen molar-refractivity contribution >= 4 is 0 Å². The molecule has 19 heavy (non-hydrogen) atoms. The summed E-state index contributed by atoms with van der Waals surface area (Å²) >= 11 is 0. The number of halogens is 1. The molecule has 1 aromatic heterocycles. The average molecular weight is 263 g/mol. The predicted molar refractivity (Wildman–Crippen MR) is 72.2 cm³/mol. The molecular weight excluding hydrogens is 245 g/mol. The highest BCUT2D eigenvalue weighted by Crippen LogP contribution is 2.21. The number of hydrogen-bond acceptors (Lipinski definition) is 3. The summed E-state index contributed by atoms with van der Waals surface area (Å²) in [6.45, 7) is 4.90. The van der Waals surface area contributed by atoms with E-state index in [9.17, 15) is 4.39 Å². The number of nitrogens with zero attached hydrogens (tertiary/aromatic N) is 1. The van der Waals surface area contributed by atoms with E-state index in [0.717, 1.165) is 30.0 Å². The summed E-state index contributed by atoms with van der Waals surface area (Å²) in [5, 5.41) is 10.3. The molecule has 5 heteroatoms. The van der Waals surface area contributed by atoms with Crippen LogP contribution in [0, 0.1) is 5.82 Å². The number of hydrogen-bond donors (Lipinski definition) is 2. The van der Waals surface area contributed by atoms with Gasteiger partial charge in [-0.05, 0) is 31.2 Å². The van der Waals surface area contributed by atoms with Crippen LogP contribution < -0.4 is 5.32 Å². The van der Waals surface area contributed by atoms with Gasteiger partial charge in [-0.2, -0.15) is 5.10 Å². The van der Waals surface area contributed by atoms with Crippen LogP contribution in [0.5, 0.6) is 0 Å². The van der Waals surface area contributed by atoms with Gasteiger partial charge in [0.05, 0.1) is 18.5 Å². The van der Waals surface area contributed by atoms with Gasteiger partial charge in [-0.1, -0.05) is 0 Å². The molecule has 2 aromatic rings. The summed E-state index contributed by atoms with van der Waals surface area (Å²) in [6.07, 6.45) is 1.78. The number of benzene rings is 1. The van der Waals surface area contributed by atoms with Gasteiger partial charge in [-0.25, -0.2) is 4.39 Å². The van der Waals surface area contributed by atoms with Crippen LogP contribution in [0.3, 0.4) is 0 Å². The number of nitrogens with one attached hydrogen (secondary N) is 2. The molecule has 0 bridgehead atoms. The lowest BCUT2D eigenvalue weighted by molar-refractivity contribution is 0.149. The highest BCUT2D eigenvalue weighted by Gasteiger charge is 2.07. The molecule has 0 unspecified atom stereocenters. The number of H-pyrrole nitrogens is 1. The number of ether oxygens (including phenoxy) is 1. The highest BCUT2D eigenvalue weighted by atomic mass is 19.1. The molecule has 2 rings (SSSR count). The van der Waals surface area contributed by atoms with Crippen LogP contribution in [-0.2, 0) is 11.3 Å². The Balaban J connectivity index is 1.96. The molecule has 0 saturated carbocycles. The van der Waals surface area contributed by atoms with E-state index in [4.69, 9.17) is 4.74 Å². The molecule has 0 aliphatic carbocycles. The Labute approximate surface area is 112 Å². The van der Waals surface area contributed by atoms with E-state index in [1.54, 1.807) is 18.3 Å². The first-order chi connectivity index (χ1) is 9.31. The van der Waals surface area contributed by atoms with E-state index in [1.165, 1.54) is 12.1 Å². The summed E-state index contributed by atoms with van der Waals surface area (Å²) in [6, 6.07) is 6.38. The quantitative estimate of drug-likeness (QED) is 0.754. The molecule has 0 aliphatic rings. The Bertz CT molecular complexity index is 496. The molecule has 1 aromatic carbocycles. The zero-order valence-corrected chi connectivity index (χ0v) is 10.9. The van der Waals surface area contributed by atoms with Crippen molar-refractivity contribution in [2.45, 2.75) is 13.5 Å². The first kappa shape index (κ1) is 13.7. The molecule has 4 nitrogen and oxygen atoms in total. The summed E-state index contributed by atoms with van der Waals surface area (Å²) in [7, 11) is 0. The van der Waals surface area contributed by atoms with Gasteiger partial charge in [0, 0.05) is 30.8 Å². The normalized spacial score (nSPS) is 10.8. The van der Waals surface area contributed by atoms with Gasteiger partial charge in [0.1, 0.15) is 5.82 Å².